The lowest BCUT2D eigenvalue weighted by atomic mass is 10.1. The number of carbonyl (C=O) groups excluding carboxylic acids is 1. The van der Waals surface area contributed by atoms with Gasteiger partial charge in [0.1, 0.15) is 6.54 Å². The molecule has 0 bridgehead atoms. The predicted octanol–water partition coefficient (Wildman–Crippen LogP) is 1.93. The minimum absolute atomic E-state index is 0. The van der Waals surface area contributed by atoms with Crippen molar-refractivity contribution in [2.24, 2.45) is 10.7 Å². The fraction of sp³-hybridized carbons (Fsp3) is 0.429. The topological polar surface area (TPSA) is 79.5 Å². The number of halogens is 1. The Balaban J connectivity index is 0.00000200. The Morgan fingerprint density at radius 1 is 1.35 bits per heavy atom. The van der Waals surface area contributed by atoms with Crippen LogP contribution in [-0.4, -0.2) is 24.5 Å². The van der Waals surface area contributed by atoms with Gasteiger partial charge in [-0.2, -0.15) is 0 Å². The van der Waals surface area contributed by atoms with Crippen molar-refractivity contribution in [2.45, 2.75) is 32.7 Å². The normalized spacial score (nSPS) is 14.4. The molecule has 2 rings (SSSR count). The fourth-order valence-corrected chi connectivity index (χ4v) is 1.66. The Bertz CT molecular complexity index is 512. The highest BCUT2D eigenvalue weighted by Gasteiger charge is 2.22. The molecule has 0 aliphatic heterocycles. The summed E-state index contributed by atoms with van der Waals surface area (Å²) in [7, 11) is 0. The second kappa shape index (κ2) is 7.47. The van der Waals surface area contributed by atoms with Crippen LogP contribution in [0.3, 0.4) is 0 Å². The Morgan fingerprint density at radius 3 is 2.65 bits per heavy atom. The molecular formula is C14H21IN4O. The third-order valence-electron chi connectivity index (χ3n) is 3.11. The van der Waals surface area contributed by atoms with Crippen molar-refractivity contribution < 1.29 is 4.79 Å². The van der Waals surface area contributed by atoms with E-state index in [2.05, 4.69) is 22.5 Å². The summed E-state index contributed by atoms with van der Waals surface area (Å²) < 4.78 is 0. The van der Waals surface area contributed by atoms with Crippen LogP contribution in [0.5, 0.6) is 0 Å². The summed E-state index contributed by atoms with van der Waals surface area (Å²) >= 11 is 0. The molecule has 1 aliphatic carbocycles. The zero-order valence-corrected chi connectivity index (χ0v) is 14.1. The standard InChI is InChI=1S/C14H20N4O.HI/c1-9-3-4-12(7-10(9)2)18-14(15)16-8-13(19)17-11-5-6-11;/h3-4,7,11H,5-6,8H2,1-2H3,(H,17,19)(H3,15,16,18);1H. The highest BCUT2D eigenvalue weighted by atomic mass is 127. The van der Waals surface area contributed by atoms with Crippen molar-refractivity contribution in [3.05, 3.63) is 29.3 Å². The van der Waals surface area contributed by atoms with Crippen LogP contribution in [0.1, 0.15) is 24.0 Å². The van der Waals surface area contributed by atoms with Crippen molar-refractivity contribution in [3.8, 4) is 0 Å². The number of nitrogens with zero attached hydrogens (tertiary/aromatic N) is 1. The maximum absolute atomic E-state index is 11.4. The molecule has 1 fully saturated rings. The van der Waals surface area contributed by atoms with Crippen molar-refractivity contribution in [2.75, 3.05) is 11.9 Å². The smallest absolute Gasteiger partial charge is 0.242 e. The van der Waals surface area contributed by atoms with Crippen LogP contribution in [0, 0.1) is 13.8 Å². The summed E-state index contributed by atoms with van der Waals surface area (Å²) in [4.78, 5) is 15.5. The number of carbonyl (C=O) groups is 1. The lowest BCUT2D eigenvalue weighted by molar-refractivity contribution is -0.119. The maximum atomic E-state index is 11.4. The Kier molecular flexibility index (Phi) is 6.25. The zero-order valence-electron chi connectivity index (χ0n) is 11.8. The van der Waals surface area contributed by atoms with E-state index in [0.717, 1.165) is 18.5 Å². The Hall–Kier alpha value is -1.31. The van der Waals surface area contributed by atoms with Gasteiger partial charge in [-0.15, -0.1) is 24.0 Å². The molecule has 0 atom stereocenters. The maximum Gasteiger partial charge on any atom is 0.242 e. The second-order valence-corrected chi connectivity index (χ2v) is 4.97. The summed E-state index contributed by atoms with van der Waals surface area (Å²) in [6, 6.07) is 6.32. The van der Waals surface area contributed by atoms with Crippen LogP contribution in [0.4, 0.5) is 5.69 Å². The minimum atomic E-state index is -0.0765. The summed E-state index contributed by atoms with van der Waals surface area (Å²) in [6.45, 7) is 4.16. The van der Waals surface area contributed by atoms with E-state index < -0.39 is 0 Å². The van der Waals surface area contributed by atoms with Crippen LogP contribution in [0.15, 0.2) is 23.2 Å². The molecule has 0 aromatic heterocycles. The van der Waals surface area contributed by atoms with Gasteiger partial charge in [-0.05, 0) is 49.9 Å². The number of guanidine groups is 1. The number of hydrogen-bond acceptors (Lipinski definition) is 2. The Morgan fingerprint density at radius 2 is 2.05 bits per heavy atom. The third kappa shape index (κ3) is 5.36. The van der Waals surface area contributed by atoms with E-state index in [1.807, 2.05) is 25.1 Å². The number of nitrogens with two attached hydrogens (primary N) is 1. The third-order valence-corrected chi connectivity index (χ3v) is 3.11. The number of anilines is 1. The highest BCUT2D eigenvalue weighted by Crippen LogP contribution is 2.18. The zero-order chi connectivity index (χ0) is 13.8. The molecule has 110 valence electrons. The van der Waals surface area contributed by atoms with Crippen molar-refractivity contribution in [3.63, 3.8) is 0 Å². The van der Waals surface area contributed by atoms with E-state index in [0.29, 0.717) is 6.04 Å². The van der Waals surface area contributed by atoms with Crippen molar-refractivity contribution in [1.29, 1.82) is 0 Å². The van der Waals surface area contributed by atoms with Crippen molar-refractivity contribution in [1.82, 2.24) is 5.32 Å². The molecule has 1 aromatic carbocycles. The first-order valence-electron chi connectivity index (χ1n) is 6.48. The van der Waals surface area contributed by atoms with Gasteiger partial charge in [-0.25, -0.2) is 4.99 Å². The average Bonchev–Trinajstić information content (AvgIpc) is 3.15. The van der Waals surface area contributed by atoms with Gasteiger partial charge in [-0.3, -0.25) is 4.79 Å². The van der Waals surface area contributed by atoms with E-state index in [1.54, 1.807) is 0 Å². The van der Waals surface area contributed by atoms with Crippen LogP contribution in [-0.2, 0) is 4.79 Å². The van der Waals surface area contributed by atoms with Gasteiger partial charge in [0.25, 0.3) is 0 Å². The first-order valence-corrected chi connectivity index (χ1v) is 6.48. The van der Waals surface area contributed by atoms with Crippen LogP contribution in [0.2, 0.25) is 0 Å². The van der Waals surface area contributed by atoms with E-state index in [9.17, 15) is 4.79 Å². The SMILES string of the molecule is Cc1ccc(NC(N)=NCC(=O)NC2CC2)cc1C.I. The number of aliphatic imine (C=N–C) groups is 1. The van der Waals surface area contributed by atoms with Gasteiger partial charge >= 0.3 is 0 Å². The average molecular weight is 388 g/mol. The molecule has 5 nitrogen and oxygen atoms in total. The van der Waals surface area contributed by atoms with E-state index in [-0.39, 0.29) is 42.4 Å². The number of hydrogen-bond donors (Lipinski definition) is 3. The molecule has 20 heavy (non-hydrogen) atoms. The summed E-state index contributed by atoms with van der Waals surface area (Å²) in [5, 5.41) is 5.84. The first-order chi connectivity index (χ1) is 9.04. The molecule has 0 saturated heterocycles. The quantitative estimate of drug-likeness (QED) is 0.419. The summed E-state index contributed by atoms with van der Waals surface area (Å²) in [6.07, 6.45) is 2.15. The monoisotopic (exact) mass is 388 g/mol. The van der Waals surface area contributed by atoms with Gasteiger partial charge in [0.2, 0.25) is 5.91 Å². The van der Waals surface area contributed by atoms with Gasteiger partial charge < -0.3 is 16.4 Å². The van der Waals surface area contributed by atoms with Crippen LogP contribution < -0.4 is 16.4 Å². The molecule has 0 spiro atoms. The summed E-state index contributed by atoms with van der Waals surface area (Å²) in [5.41, 5.74) is 9.04. The van der Waals surface area contributed by atoms with Gasteiger partial charge in [0, 0.05) is 11.7 Å². The highest BCUT2D eigenvalue weighted by molar-refractivity contribution is 14.0. The number of benzene rings is 1. The number of rotatable bonds is 4. The Labute approximate surface area is 136 Å². The second-order valence-electron chi connectivity index (χ2n) is 4.97. The van der Waals surface area contributed by atoms with E-state index >= 15 is 0 Å². The molecule has 1 aliphatic rings. The first kappa shape index (κ1) is 16.7. The summed E-state index contributed by atoms with van der Waals surface area (Å²) in [5.74, 6) is 0.182. The number of amides is 1. The number of aryl methyl sites for hydroxylation is 2. The van der Waals surface area contributed by atoms with Crippen LogP contribution in [0.25, 0.3) is 0 Å². The van der Waals surface area contributed by atoms with Gasteiger partial charge in [0.15, 0.2) is 5.96 Å². The lowest BCUT2D eigenvalue weighted by Crippen LogP contribution is -2.30. The van der Waals surface area contributed by atoms with Gasteiger partial charge in [-0.1, -0.05) is 6.07 Å². The minimum Gasteiger partial charge on any atom is -0.370 e. The molecule has 4 N–H and O–H groups in total. The van der Waals surface area contributed by atoms with Gasteiger partial charge in [0.05, 0.1) is 0 Å². The van der Waals surface area contributed by atoms with E-state index in [4.69, 9.17) is 5.73 Å². The molecule has 0 radical (unpaired) electrons. The molecule has 1 saturated carbocycles. The molecule has 1 amide bonds. The molecule has 1 aromatic rings. The number of nitrogens with one attached hydrogen (secondary N) is 2. The lowest BCUT2D eigenvalue weighted by Gasteiger charge is -2.08. The molecule has 6 heteroatoms. The largest absolute Gasteiger partial charge is 0.370 e. The van der Waals surface area contributed by atoms with Crippen LogP contribution >= 0.6 is 24.0 Å². The molecular weight excluding hydrogens is 367 g/mol. The predicted molar refractivity (Wildman–Crippen MR) is 92.6 cm³/mol. The molecule has 0 heterocycles. The van der Waals surface area contributed by atoms with Crippen molar-refractivity contribution >= 4 is 41.5 Å². The molecule has 0 unspecified atom stereocenters. The fourth-order valence-electron chi connectivity index (χ4n) is 1.66. The van der Waals surface area contributed by atoms with E-state index in [1.165, 1.54) is 11.1 Å².